The van der Waals surface area contributed by atoms with E-state index >= 15 is 0 Å². The first-order chi connectivity index (χ1) is 9.66. The van der Waals surface area contributed by atoms with Gasteiger partial charge in [-0.2, -0.15) is 0 Å². The molecule has 2 nitrogen and oxygen atoms in total. The molecule has 0 radical (unpaired) electrons. The van der Waals surface area contributed by atoms with Crippen LogP contribution in [0.5, 0.6) is 0 Å². The largest absolute Gasteiger partial charge is 0.310 e. The third kappa shape index (κ3) is 4.72. The van der Waals surface area contributed by atoms with E-state index in [2.05, 4.69) is 17.1 Å². The fourth-order valence-corrected chi connectivity index (χ4v) is 3.10. The van der Waals surface area contributed by atoms with Gasteiger partial charge in [0, 0.05) is 11.1 Å². The number of nitrogens with one attached hydrogen (secondary N) is 1. The predicted octanol–water partition coefficient (Wildman–Crippen LogP) is 4.01. The minimum atomic E-state index is -0.281. The van der Waals surface area contributed by atoms with Crippen molar-refractivity contribution in [3.05, 3.63) is 34.6 Å². The molecule has 0 amide bonds. The van der Waals surface area contributed by atoms with Gasteiger partial charge in [-0.05, 0) is 70.1 Å². The predicted molar refractivity (Wildman–Crippen MR) is 82.7 cm³/mol. The van der Waals surface area contributed by atoms with Gasteiger partial charge in [0.1, 0.15) is 5.82 Å². The molecule has 0 spiro atoms. The first kappa shape index (κ1) is 15.7. The molecule has 112 valence electrons. The maximum Gasteiger partial charge on any atom is 0.124 e. The van der Waals surface area contributed by atoms with Crippen molar-refractivity contribution >= 4 is 11.6 Å². The Balaban J connectivity index is 1.70. The second kappa shape index (κ2) is 7.96. The highest BCUT2D eigenvalue weighted by Gasteiger charge is 2.11. The van der Waals surface area contributed by atoms with Crippen LogP contribution in [0.2, 0.25) is 5.02 Å². The zero-order valence-electron chi connectivity index (χ0n) is 12.2. The van der Waals surface area contributed by atoms with Gasteiger partial charge in [0.2, 0.25) is 0 Å². The molecule has 1 aromatic rings. The lowest BCUT2D eigenvalue weighted by molar-refractivity contribution is 0.225. The fraction of sp³-hybridized carbons (Fsp3) is 0.625. The van der Waals surface area contributed by atoms with Gasteiger partial charge >= 0.3 is 0 Å². The highest BCUT2D eigenvalue weighted by Crippen LogP contribution is 2.23. The molecule has 2 rings (SSSR count). The van der Waals surface area contributed by atoms with Crippen molar-refractivity contribution in [1.29, 1.82) is 0 Å². The molecule has 1 N–H and O–H groups in total. The van der Waals surface area contributed by atoms with Gasteiger partial charge in [0.05, 0.1) is 0 Å². The summed E-state index contributed by atoms with van der Waals surface area (Å²) in [5.74, 6) is -0.281. The Morgan fingerprint density at radius 3 is 2.75 bits per heavy atom. The Bertz CT molecular complexity index is 419. The molecule has 1 heterocycles. The minimum Gasteiger partial charge on any atom is -0.310 e. The van der Waals surface area contributed by atoms with Crippen LogP contribution in [0.15, 0.2) is 18.2 Å². The van der Waals surface area contributed by atoms with E-state index < -0.39 is 0 Å². The van der Waals surface area contributed by atoms with E-state index in [9.17, 15) is 4.39 Å². The molecule has 0 aromatic heterocycles. The average Bonchev–Trinajstić information content (AvgIpc) is 2.44. The normalized spacial score (nSPS) is 18.1. The van der Waals surface area contributed by atoms with Crippen LogP contribution in [0.1, 0.15) is 44.2 Å². The molecule has 1 fully saturated rings. The van der Waals surface area contributed by atoms with Gasteiger partial charge in [-0.1, -0.05) is 24.1 Å². The van der Waals surface area contributed by atoms with Crippen LogP contribution in [0.4, 0.5) is 4.39 Å². The lowest BCUT2D eigenvalue weighted by Crippen LogP contribution is -2.32. The molecule has 1 aromatic carbocycles. The molecule has 20 heavy (non-hydrogen) atoms. The van der Waals surface area contributed by atoms with E-state index in [1.165, 1.54) is 44.5 Å². The smallest absolute Gasteiger partial charge is 0.124 e. The van der Waals surface area contributed by atoms with Crippen LogP contribution in [0.25, 0.3) is 0 Å². The highest BCUT2D eigenvalue weighted by atomic mass is 35.5. The maximum absolute atomic E-state index is 13.0. The summed E-state index contributed by atoms with van der Waals surface area (Å²) < 4.78 is 13.0. The number of likely N-dealkylation sites (tertiary alicyclic amines) is 1. The fourth-order valence-electron chi connectivity index (χ4n) is 2.77. The van der Waals surface area contributed by atoms with Crippen molar-refractivity contribution in [2.45, 2.75) is 38.6 Å². The molecular weight excluding hydrogens is 275 g/mol. The number of benzene rings is 1. The number of rotatable bonds is 6. The first-order valence-electron chi connectivity index (χ1n) is 7.57. The summed E-state index contributed by atoms with van der Waals surface area (Å²) >= 11 is 6.07. The molecule has 0 saturated carbocycles. The van der Waals surface area contributed by atoms with E-state index in [0.717, 1.165) is 25.1 Å². The van der Waals surface area contributed by atoms with Crippen LogP contribution in [0, 0.1) is 5.82 Å². The van der Waals surface area contributed by atoms with Crippen LogP contribution in [0.3, 0.4) is 0 Å². The Hall–Kier alpha value is -0.640. The van der Waals surface area contributed by atoms with Crippen molar-refractivity contribution in [3.63, 3.8) is 0 Å². The van der Waals surface area contributed by atoms with Crippen molar-refractivity contribution in [2.24, 2.45) is 0 Å². The summed E-state index contributed by atoms with van der Waals surface area (Å²) in [6.07, 6.45) is 5.21. The third-order valence-corrected chi connectivity index (χ3v) is 4.31. The van der Waals surface area contributed by atoms with E-state index in [-0.39, 0.29) is 11.9 Å². The second-order valence-corrected chi connectivity index (χ2v) is 6.00. The second-order valence-electron chi connectivity index (χ2n) is 5.60. The number of nitrogens with zero attached hydrogens (tertiary/aromatic N) is 1. The molecule has 0 aliphatic carbocycles. The maximum atomic E-state index is 13.0. The Morgan fingerprint density at radius 1 is 1.30 bits per heavy atom. The summed E-state index contributed by atoms with van der Waals surface area (Å²) in [6.45, 7) is 6.70. The molecule has 0 bridgehead atoms. The number of hydrogen-bond acceptors (Lipinski definition) is 2. The molecular formula is C16H24ClFN2. The molecule has 1 aliphatic rings. The molecule has 1 saturated heterocycles. The number of halogens is 2. The highest BCUT2D eigenvalue weighted by molar-refractivity contribution is 6.31. The first-order valence-corrected chi connectivity index (χ1v) is 7.95. The quantitative estimate of drug-likeness (QED) is 0.799. The molecule has 1 unspecified atom stereocenters. The zero-order valence-corrected chi connectivity index (χ0v) is 12.9. The average molecular weight is 299 g/mol. The van der Waals surface area contributed by atoms with E-state index in [4.69, 9.17) is 11.6 Å². The lowest BCUT2D eigenvalue weighted by Gasteiger charge is -2.26. The Morgan fingerprint density at radius 2 is 2.05 bits per heavy atom. The topological polar surface area (TPSA) is 15.3 Å². The summed E-state index contributed by atoms with van der Waals surface area (Å²) in [7, 11) is 0. The van der Waals surface area contributed by atoms with Gasteiger partial charge in [0.25, 0.3) is 0 Å². The van der Waals surface area contributed by atoms with Gasteiger partial charge in [-0.15, -0.1) is 0 Å². The van der Waals surface area contributed by atoms with Gasteiger partial charge < -0.3 is 10.2 Å². The standard InChI is InChI=1S/C16H24ClFN2/c1-13(15-7-6-14(18)12-16(15)17)19-8-5-11-20-9-3-2-4-10-20/h6-7,12-13,19H,2-5,8-11H2,1H3. The molecule has 4 heteroatoms. The van der Waals surface area contributed by atoms with Crippen LogP contribution in [-0.4, -0.2) is 31.1 Å². The van der Waals surface area contributed by atoms with Crippen LogP contribution in [-0.2, 0) is 0 Å². The zero-order chi connectivity index (χ0) is 14.4. The number of hydrogen-bond donors (Lipinski definition) is 1. The summed E-state index contributed by atoms with van der Waals surface area (Å²) in [5, 5.41) is 3.97. The van der Waals surface area contributed by atoms with Gasteiger partial charge in [-0.25, -0.2) is 4.39 Å². The van der Waals surface area contributed by atoms with Crippen molar-refractivity contribution < 1.29 is 4.39 Å². The van der Waals surface area contributed by atoms with Crippen molar-refractivity contribution in [2.75, 3.05) is 26.2 Å². The van der Waals surface area contributed by atoms with Gasteiger partial charge in [0.15, 0.2) is 0 Å². The van der Waals surface area contributed by atoms with Crippen molar-refractivity contribution in [3.8, 4) is 0 Å². The van der Waals surface area contributed by atoms with E-state index in [1.807, 2.05) is 0 Å². The van der Waals surface area contributed by atoms with Crippen LogP contribution < -0.4 is 5.32 Å². The summed E-state index contributed by atoms with van der Waals surface area (Å²) in [4.78, 5) is 2.54. The SMILES string of the molecule is CC(NCCCN1CCCCC1)c1ccc(F)cc1Cl. The Kier molecular flexibility index (Phi) is 6.27. The summed E-state index contributed by atoms with van der Waals surface area (Å²) in [6, 6.07) is 4.76. The molecule has 1 atom stereocenters. The number of piperidine rings is 1. The van der Waals surface area contributed by atoms with Gasteiger partial charge in [-0.3, -0.25) is 0 Å². The van der Waals surface area contributed by atoms with E-state index in [0.29, 0.717) is 5.02 Å². The minimum absolute atomic E-state index is 0.157. The third-order valence-electron chi connectivity index (χ3n) is 3.98. The summed E-state index contributed by atoms with van der Waals surface area (Å²) in [5.41, 5.74) is 0.964. The monoisotopic (exact) mass is 298 g/mol. The van der Waals surface area contributed by atoms with Crippen molar-refractivity contribution in [1.82, 2.24) is 10.2 Å². The Labute approximate surface area is 126 Å². The lowest BCUT2D eigenvalue weighted by atomic mass is 10.1. The van der Waals surface area contributed by atoms with Crippen LogP contribution >= 0.6 is 11.6 Å². The van der Waals surface area contributed by atoms with E-state index in [1.54, 1.807) is 6.07 Å². The molecule has 1 aliphatic heterocycles.